The standard InChI is InChI=1S/C44H34N3O.C14H16NSi.Ir/c1-26(2)35-22-31(28-13-6-5-7-14-28)23-36(27(3)4)41(35)47-40-20-11-10-19-38(40)45-43(47)34-18-12-17-33-37-24-32-21-29-15-8-9-16-30(29)25-39(32)46-44(37)48-42(33)34;1-16(2,3)13-9-10-14(15-11-13)12-7-5-4-6-8-12;/h5-17,19-27H,1-4H3;4-7,9-11H,1-3H3;/q2*-1;. The van der Waals surface area contributed by atoms with Gasteiger partial charge in [0, 0.05) is 42.8 Å². The fourth-order valence-corrected chi connectivity index (χ4v) is 9.80. The van der Waals surface area contributed by atoms with Crippen LogP contribution in [0.1, 0.15) is 50.7 Å². The summed E-state index contributed by atoms with van der Waals surface area (Å²) in [6, 6.07) is 61.9. The average molecular weight is 1040 g/mol. The molecule has 4 heterocycles. The molecule has 323 valence electrons. The number of aromatic nitrogens is 4. The van der Waals surface area contributed by atoms with E-state index in [-0.39, 0.29) is 31.9 Å². The Hall–Kier alpha value is -6.50. The molecular formula is C58H50IrN4OSi-2. The molecule has 7 aromatic carbocycles. The summed E-state index contributed by atoms with van der Waals surface area (Å²) >= 11 is 0. The number of furan rings is 1. The first-order valence-corrected chi connectivity index (χ1v) is 25.7. The minimum Gasteiger partial charge on any atom is -0.486 e. The molecule has 0 aliphatic carbocycles. The summed E-state index contributed by atoms with van der Waals surface area (Å²) in [4.78, 5) is 14.9. The molecule has 0 amide bonds. The molecule has 0 N–H and O–H groups in total. The van der Waals surface area contributed by atoms with Crippen molar-refractivity contribution in [2.24, 2.45) is 0 Å². The predicted octanol–water partition coefficient (Wildman–Crippen LogP) is 15.1. The van der Waals surface area contributed by atoms with Crippen molar-refractivity contribution >= 4 is 68.0 Å². The molecule has 0 spiro atoms. The molecule has 65 heavy (non-hydrogen) atoms. The van der Waals surface area contributed by atoms with E-state index in [1.165, 1.54) is 38.5 Å². The summed E-state index contributed by atoms with van der Waals surface area (Å²) in [7, 11) is -1.23. The van der Waals surface area contributed by atoms with Crippen LogP contribution in [0.3, 0.4) is 0 Å². The third-order valence-electron chi connectivity index (χ3n) is 12.2. The number of fused-ring (bicyclic) bond motifs is 6. The van der Waals surface area contributed by atoms with Gasteiger partial charge in [-0.05, 0) is 98.2 Å². The van der Waals surface area contributed by atoms with Crippen molar-refractivity contribution in [3.8, 4) is 39.5 Å². The van der Waals surface area contributed by atoms with Crippen molar-refractivity contribution < 1.29 is 24.5 Å². The van der Waals surface area contributed by atoms with E-state index in [0.717, 1.165) is 66.3 Å². The zero-order valence-electron chi connectivity index (χ0n) is 37.8. The zero-order valence-corrected chi connectivity index (χ0v) is 41.2. The summed E-state index contributed by atoms with van der Waals surface area (Å²) in [6.07, 6.45) is 2.02. The van der Waals surface area contributed by atoms with E-state index in [1.54, 1.807) is 0 Å². The molecule has 0 aliphatic heterocycles. The molecule has 0 fully saturated rings. The third-order valence-corrected chi connectivity index (χ3v) is 14.3. The molecule has 0 aliphatic rings. The molecule has 0 unspecified atom stereocenters. The number of hydrogen-bond acceptors (Lipinski definition) is 4. The van der Waals surface area contributed by atoms with Crippen LogP contribution in [-0.2, 0) is 20.1 Å². The summed E-state index contributed by atoms with van der Waals surface area (Å²) in [5.41, 5.74) is 13.3. The van der Waals surface area contributed by atoms with Gasteiger partial charge >= 0.3 is 0 Å². The number of nitrogens with zero attached hydrogens (tertiary/aromatic N) is 4. The van der Waals surface area contributed by atoms with Crippen molar-refractivity contribution in [1.29, 1.82) is 0 Å². The van der Waals surface area contributed by atoms with Crippen LogP contribution < -0.4 is 5.19 Å². The molecule has 11 aromatic rings. The Labute approximate surface area is 395 Å². The van der Waals surface area contributed by atoms with Crippen LogP contribution in [0.25, 0.3) is 94.2 Å². The van der Waals surface area contributed by atoms with Gasteiger partial charge in [0.1, 0.15) is 0 Å². The molecular weight excluding hydrogens is 989 g/mol. The minimum atomic E-state index is -1.23. The Balaban J connectivity index is 0.000000266. The van der Waals surface area contributed by atoms with Gasteiger partial charge in [-0.3, -0.25) is 4.98 Å². The first-order valence-electron chi connectivity index (χ1n) is 22.2. The predicted molar refractivity (Wildman–Crippen MR) is 271 cm³/mol. The van der Waals surface area contributed by atoms with Crippen LogP contribution in [-0.4, -0.2) is 27.6 Å². The Kier molecular flexibility index (Phi) is 12.0. The van der Waals surface area contributed by atoms with Gasteiger partial charge in [-0.2, -0.15) is 0 Å². The number of pyridine rings is 2. The number of rotatable bonds is 7. The molecule has 4 aromatic heterocycles. The Morgan fingerprint density at radius 3 is 1.95 bits per heavy atom. The number of imidazole rings is 1. The van der Waals surface area contributed by atoms with Gasteiger partial charge in [-0.1, -0.05) is 137 Å². The van der Waals surface area contributed by atoms with E-state index in [1.807, 2.05) is 36.5 Å². The SMILES string of the molecule is CC(C)c1cc(-c2ccccc2)cc(C(C)C)c1-n1c(-c2[c-]ccc3c2oc2nc4cc5ccccc5cc4cc23)nc2ccccc21.C[Si](C)(C)c1ccc(-c2[c-]cccc2)nc1.[Ir]. The molecule has 0 atom stereocenters. The van der Waals surface area contributed by atoms with Crippen LogP contribution in [0.15, 0.2) is 168 Å². The Morgan fingerprint density at radius 2 is 1.28 bits per heavy atom. The summed E-state index contributed by atoms with van der Waals surface area (Å²) < 4.78 is 9.03. The minimum absolute atomic E-state index is 0. The van der Waals surface area contributed by atoms with Gasteiger partial charge in [0.05, 0.1) is 36.0 Å². The normalized spacial score (nSPS) is 11.8. The maximum absolute atomic E-state index is 6.68. The van der Waals surface area contributed by atoms with Crippen LogP contribution in [0, 0.1) is 12.1 Å². The quantitative estimate of drug-likeness (QED) is 0.0907. The van der Waals surface area contributed by atoms with Crippen LogP contribution in [0.4, 0.5) is 0 Å². The fraction of sp³-hybridized carbons (Fsp3) is 0.155. The van der Waals surface area contributed by atoms with Crippen molar-refractivity contribution in [2.45, 2.75) is 59.2 Å². The largest absolute Gasteiger partial charge is 0.486 e. The number of para-hydroxylation sites is 2. The van der Waals surface area contributed by atoms with Crippen molar-refractivity contribution in [2.75, 3.05) is 0 Å². The molecule has 5 nitrogen and oxygen atoms in total. The second-order valence-electron chi connectivity index (χ2n) is 18.3. The molecule has 0 saturated carbocycles. The average Bonchev–Trinajstić information content (AvgIpc) is 3.88. The Bertz CT molecular complexity index is 3450. The third kappa shape index (κ3) is 8.36. The molecule has 7 heteroatoms. The van der Waals surface area contributed by atoms with Crippen molar-refractivity contribution in [3.05, 3.63) is 187 Å². The fourth-order valence-electron chi connectivity index (χ4n) is 8.77. The van der Waals surface area contributed by atoms with Gasteiger partial charge in [0.15, 0.2) is 0 Å². The number of benzene rings is 7. The maximum atomic E-state index is 6.68. The Morgan fingerprint density at radius 1 is 0.585 bits per heavy atom. The topological polar surface area (TPSA) is 56.7 Å². The summed E-state index contributed by atoms with van der Waals surface area (Å²) in [5, 5.41) is 6.84. The summed E-state index contributed by atoms with van der Waals surface area (Å²) in [6.45, 7) is 16.1. The van der Waals surface area contributed by atoms with E-state index in [2.05, 4.69) is 196 Å². The maximum Gasteiger partial charge on any atom is 0.216 e. The van der Waals surface area contributed by atoms with Crippen molar-refractivity contribution in [1.82, 2.24) is 19.5 Å². The van der Waals surface area contributed by atoms with Gasteiger partial charge in [0.25, 0.3) is 0 Å². The van der Waals surface area contributed by atoms with Crippen molar-refractivity contribution in [3.63, 3.8) is 0 Å². The summed E-state index contributed by atoms with van der Waals surface area (Å²) in [5.74, 6) is 1.36. The van der Waals surface area contributed by atoms with Crippen LogP contribution >= 0.6 is 0 Å². The van der Waals surface area contributed by atoms with Gasteiger partial charge in [-0.25, -0.2) is 4.98 Å². The second-order valence-corrected chi connectivity index (χ2v) is 23.4. The first-order chi connectivity index (χ1) is 31.0. The van der Waals surface area contributed by atoms with Gasteiger partial charge in [0.2, 0.25) is 5.71 Å². The van der Waals surface area contributed by atoms with E-state index in [9.17, 15) is 0 Å². The van der Waals surface area contributed by atoms with Gasteiger partial charge in [-0.15, -0.1) is 54.1 Å². The molecule has 0 bridgehead atoms. The second kappa shape index (κ2) is 17.8. The van der Waals surface area contributed by atoms with Crippen LogP contribution in [0.5, 0.6) is 0 Å². The monoisotopic (exact) mass is 1040 g/mol. The van der Waals surface area contributed by atoms with E-state index in [0.29, 0.717) is 5.71 Å². The smallest absolute Gasteiger partial charge is 0.216 e. The van der Waals surface area contributed by atoms with E-state index in [4.69, 9.17) is 14.4 Å². The molecule has 0 saturated heterocycles. The first kappa shape index (κ1) is 43.7. The van der Waals surface area contributed by atoms with E-state index >= 15 is 0 Å². The molecule has 11 rings (SSSR count). The number of hydrogen-bond donors (Lipinski definition) is 0. The van der Waals surface area contributed by atoms with E-state index < -0.39 is 8.07 Å². The van der Waals surface area contributed by atoms with Gasteiger partial charge < -0.3 is 14.0 Å². The molecule has 1 radical (unpaired) electrons. The van der Waals surface area contributed by atoms with Crippen LogP contribution in [0.2, 0.25) is 19.6 Å². The zero-order chi connectivity index (χ0) is 44.1.